The van der Waals surface area contributed by atoms with Crippen LogP contribution in [0.2, 0.25) is 5.15 Å². The van der Waals surface area contributed by atoms with Crippen molar-refractivity contribution in [2.45, 2.75) is 88.9 Å². The molecule has 6 nitrogen and oxygen atoms in total. The van der Waals surface area contributed by atoms with Gasteiger partial charge in [-0.05, 0) is 64.5 Å². The van der Waals surface area contributed by atoms with E-state index in [-0.39, 0.29) is 18.9 Å². The summed E-state index contributed by atoms with van der Waals surface area (Å²) in [6.07, 6.45) is 2.48. The van der Waals surface area contributed by atoms with E-state index in [1.54, 1.807) is 20.8 Å². The minimum absolute atomic E-state index is 0.121. The molecule has 0 saturated carbocycles. The highest BCUT2D eigenvalue weighted by atomic mass is 35.5. The maximum absolute atomic E-state index is 14.8. The highest BCUT2D eigenvalue weighted by Crippen LogP contribution is 2.48. The molecular weight excluding hydrogens is 402 g/mol. The molecule has 2 bridgehead atoms. The molecule has 160 valence electrons. The predicted octanol–water partition coefficient (Wildman–Crippen LogP) is 4.45. The number of hydrogen-bond donors (Lipinski definition) is 0. The van der Waals surface area contributed by atoms with Gasteiger partial charge >= 0.3 is 6.09 Å². The fourth-order valence-electron chi connectivity index (χ4n) is 4.88. The molecule has 0 aromatic carbocycles. The molecule has 1 amide bonds. The van der Waals surface area contributed by atoms with Crippen LogP contribution in [0, 0.1) is 0 Å². The third kappa shape index (κ3) is 4.00. The average molecular weight is 429 g/mol. The average Bonchev–Trinajstić information content (AvgIpc) is 2.74. The molecule has 0 aliphatic carbocycles. The quantitative estimate of drug-likeness (QED) is 0.661. The van der Waals surface area contributed by atoms with Crippen molar-refractivity contribution in [1.82, 2.24) is 15.1 Å². The van der Waals surface area contributed by atoms with Crippen molar-refractivity contribution in [3.05, 3.63) is 16.8 Å². The Bertz CT molecular complexity index is 801. The van der Waals surface area contributed by atoms with Gasteiger partial charge < -0.3 is 9.64 Å². The standard InChI is InChI=1S/C20H27ClF2N4O2/c1-19(2,3)29-18(28)27-14-9-13(10-15(27)20(22,23)11-14)26-7-5-4-6-12-8-16(21)24-25-17(12)26/h8,13-15H,4-7,9-11H2,1-3H3/t13-,14+,15?/m1/s1. The van der Waals surface area contributed by atoms with Gasteiger partial charge in [0.1, 0.15) is 11.6 Å². The molecule has 0 radical (unpaired) electrons. The summed E-state index contributed by atoms with van der Waals surface area (Å²) in [7, 11) is 0. The summed E-state index contributed by atoms with van der Waals surface area (Å²) >= 11 is 6.01. The van der Waals surface area contributed by atoms with Gasteiger partial charge in [-0.15, -0.1) is 10.2 Å². The first-order valence-corrected chi connectivity index (χ1v) is 10.6. The summed E-state index contributed by atoms with van der Waals surface area (Å²) < 4.78 is 35.0. The molecule has 1 aromatic rings. The fourth-order valence-corrected chi connectivity index (χ4v) is 5.05. The number of hydrogen-bond acceptors (Lipinski definition) is 5. The van der Waals surface area contributed by atoms with E-state index in [1.807, 2.05) is 6.07 Å². The minimum Gasteiger partial charge on any atom is -0.444 e. The molecule has 0 spiro atoms. The number of amides is 1. The molecular formula is C20H27ClF2N4O2. The maximum atomic E-state index is 14.8. The SMILES string of the molecule is CC(C)(C)OC(=O)N1C2C[C@H](N3CCCCc4cc(Cl)nnc43)C[C@H]1CC2(F)F. The van der Waals surface area contributed by atoms with Crippen molar-refractivity contribution >= 4 is 23.5 Å². The van der Waals surface area contributed by atoms with Crippen molar-refractivity contribution in [2.75, 3.05) is 11.4 Å². The van der Waals surface area contributed by atoms with E-state index in [1.165, 1.54) is 4.90 Å². The second-order valence-electron chi connectivity index (χ2n) is 9.31. The summed E-state index contributed by atoms with van der Waals surface area (Å²) in [5, 5.41) is 8.63. The zero-order valence-corrected chi connectivity index (χ0v) is 17.8. The highest BCUT2D eigenvalue weighted by Gasteiger charge is 2.60. The van der Waals surface area contributed by atoms with Crippen LogP contribution in [-0.4, -0.2) is 57.4 Å². The van der Waals surface area contributed by atoms with Crippen LogP contribution in [-0.2, 0) is 11.2 Å². The number of carbonyl (C=O) groups is 1. The third-order valence-corrected chi connectivity index (χ3v) is 6.18. The molecule has 2 saturated heterocycles. The van der Waals surface area contributed by atoms with Gasteiger partial charge in [0.05, 0.1) is 0 Å². The number of carbonyl (C=O) groups excluding carboxylic acids is 1. The zero-order valence-electron chi connectivity index (χ0n) is 17.0. The lowest BCUT2D eigenvalue weighted by Gasteiger charge is -2.43. The molecule has 3 aliphatic heterocycles. The lowest BCUT2D eigenvalue weighted by molar-refractivity contribution is -0.0493. The highest BCUT2D eigenvalue weighted by molar-refractivity contribution is 6.29. The van der Waals surface area contributed by atoms with E-state index in [0.717, 1.165) is 37.2 Å². The topological polar surface area (TPSA) is 58.6 Å². The second-order valence-corrected chi connectivity index (χ2v) is 9.70. The zero-order chi connectivity index (χ0) is 21.0. The molecule has 3 aliphatic rings. The van der Waals surface area contributed by atoms with Crippen molar-refractivity contribution in [2.24, 2.45) is 0 Å². The van der Waals surface area contributed by atoms with Gasteiger partial charge in [0.15, 0.2) is 11.0 Å². The van der Waals surface area contributed by atoms with E-state index in [2.05, 4.69) is 15.1 Å². The Balaban J connectivity index is 1.60. The number of aryl methyl sites for hydroxylation is 1. The van der Waals surface area contributed by atoms with Crippen LogP contribution in [0.15, 0.2) is 6.07 Å². The number of fused-ring (bicyclic) bond motifs is 3. The molecule has 3 atom stereocenters. The van der Waals surface area contributed by atoms with Crippen LogP contribution < -0.4 is 4.90 Å². The van der Waals surface area contributed by atoms with Crippen LogP contribution in [0.1, 0.15) is 58.4 Å². The Kier molecular flexibility index (Phi) is 5.12. The lowest BCUT2D eigenvalue weighted by atomic mass is 9.95. The first-order chi connectivity index (χ1) is 13.5. The largest absolute Gasteiger partial charge is 0.444 e. The van der Waals surface area contributed by atoms with Crippen LogP contribution in [0.4, 0.5) is 19.4 Å². The van der Waals surface area contributed by atoms with E-state index in [9.17, 15) is 13.6 Å². The number of rotatable bonds is 1. The van der Waals surface area contributed by atoms with Gasteiger partial charge in [0.2, 0.25) is 0 Å². The van der Waals surface area contributed by atoms with Crippen LogP contribution >= 0.6 is 11.6 Å². The number of halogens is 3. The number of aromatic nitrogens is 2. The van der Waals surface area contributed by atoms with Crippen LogP contribution in [0.5, 0.6) is 0 Å². The molecule has 1 unspecified atom stereocenters. The molecule has 9 heteroatoms. The number of nitrogens with zero attached hydrogens (tertiary/aromatic N) is 4. The van der Waals surface area contributed by atoms with Crippen LogP contribution in [0.3, 0.4) is 0 Å². The number of ether oxygens (including phenoxy) is 1. The van der Waals surface area contributed by atoms with Gasteiger partial charge in [-0.25, -0.2) is 13.6 Å². The summed E-state index contributed by atoms with van der Waals surface area (Å²) in [5.74, 6) is -2.18. The maximum Gasteiger partial charge on any atom is 0.411 e. The van der Waals surface area contributed by atoms with Gasteiger partial charge in [-0.1, -0.05) is 11.6 Å². The first-order valence-electron chi connectivity index (χ1n) is 10.2. The van der Waals surface area contributed by atoms with Gasteiger partial charge in [0, 0.05) is 25.0 Å². The lowest BCUT2D eigenvalue weighted by Crippen LogP contribution is -2.56. The van der Waals surface area contributed by atoms with Crippen LogP contribution in [0.25, 0.3) is 0 Å². The number of alkyl halides is 2. The summed E-state index contributed by atoms with van der Waals surface area (Å²) in [5.41, 5.74) is 0.289. The first kappa shape index (κ1) is 20.6. The fraction of sp³-hybridized carbons (Fsp3) is 0.750. The van der Waals surface area contributed by atoms with Crippen molar-refractivity contribution < 1.29 is 18.3 Å². The van der Waals surface area contributed by atoms with Gasteiger partial charge in [0.25, 0.3) is 5.92 Å². The van der Waals surface area contributed by atoms with E-state index >= 15 is 0 Å². The summed E-state index contributed by atoms with van der Waals surface area (Å²) in [6.45, 7) is 5.98. The van der Waals surface area contributed by atoms with Crippen molar-refractivity contribution in [3.63, 3.8) is 0 Å². The molecule has 4 rings (SSSR count). The van der Waals surface area contributed by atoms with Crippen molar-refractivity contribution in [3.8, 4) is 0 Å². The monoisotopic (exact) mass is 428 g/mol. The molecule has 0 N–H and O–H groups in total. The normalized spacial score (nSPS) is 28.7. The van der Waals surface area contributed by atoms with Crippen molar-refractivity contribution in [1.29, 1.82) is 0 Å². The molecule has 2 fully saturated rings. The predicted molar refractivity (Wildman–Crippen MR) is 106 cm³/mol. The molecule has 29 heavy (non-hydrogen) atoms. The second kappa shape index (κ2) is 7.22. The smallest absolute Gasteiger partial charge is 0.411 e. The van der Waals surface area contributed by atoms with E-state index < -0.39 is 29.7 Å². The molecule has 4 heterocycles. The summed E-state index contributed by atoms with van der Waals surface area (Å²) in [6, 6.07) is -0.00523. The number of anilines is 1. The van der Waals surface area contributed by atoms with E-state index in [0.29, 0.717) is 11.6 Å². The van der Waals surface area contributed by atoms with E-state index in [4.69, 9.17) is 16.3 Å². The van der Waals surface area contributed by atoms with Gasteiger partial charge in [-0.3, -0.25) is 4.90 Å². The Hall–Kier alpha value is -1.70. The van der Waals surface area contributed by atoms with Gasteiger partial charge in [-0.2, -0.15) is 0 Å². The minimum atomic E-state index is -2.92. The Morgan fingerprint density at radius 1 is 1.24 bits per heavy atom. The number of piperidine rings is 1. The third-order valence-electron chi connectivity index (χ3n) is 6.00. The Morgan fingerprint density at radius 3 is 2.69 bits per heavy atom. The summed E-state index contributed by atoms with van der Waals surface area (Å²) in [4.78, 5) is 16.1. The Morgan fingerprint density at radius 2 is 2.00 bits per heavy atom. The molecule has 1 aromatic heterocycles. The Labute approximate surface area is 174 Å².